The van der Waals surface area contributed by atoms with E-state index in [0.717, 1.165) is 36.5 Å². The molecule has 10 heteroatoms. The molecular formula is C21H21N9O. The number of hydrogen-bond acceptors (Lipinski definition) is 8. The molecule has 0 spiro atoms. The third kappa shape index (κ3) is 4.27. The van der Waals surface area contributed by atoms with Crippen molar-refractivity contribution in [3.63, 3.8) is 0 Å². The molecule has 4 heterocycles. The molecule has 3 N–H and O–H groups in total. The fraction of sp³-hybridized carbons (Fsp3) is 0.238. The normalized spacial score (nSPS) is 18.1. The molecule has 5 rings (SSSR count). The lowest BCUT2D eigenvalue weighted by molar-refractivity contribution is 0.713. The summed E-state index contributed by atoms with van der Waals surface area (Å²) in [4.78, 5) is 20.8. The van der Waals surface area contributed by atoms with Crippen LogP contribution in [0, 0.1) is 0 Å². The first-order valence-electron chi connectivity index (χ1n) is 10.1. The predicted octanol–water partition coefficient (Wildman–Crippen LogP) is 2.25. The zero-order valence-electron chi connectivity index (χ0n) is 16.6. The van der Waals surface area contributed by atoms with E-state index in [4.69, 9.17) is 0 Å². The fourth-order valence-electron chi connectivity index (χ4n) is 3.75. The van der Waals surface area contributed by atoms with E-state index in [1.807, 2.05) is 24.3 Å². The first-order valence-corrected chi connectivity index (χ1v) is 10.1. The van der Waals surface area contributed by atoms with Crippen LogP contribution in [-0.2, 0) is 0 Å². The van der Waals surface area contributed by atoms with Gasteiger partial charge >= 0.3 is 0 Å². The molecule has 1 aliphatic rings. The summed E-state index contributed by atoms with van der Waals surface area (Å²) in [7, 11) is 0. The lowest BCUT2D eigenvalue weighted by Crippen LogP contribution is -2.22. The third-order valence-electron chi connectivity index (χ3n) is 5.30. The molecule has 4 aromatic heterocycles. The van der Waals surface area contributed by atoms with E-state index in [9.17, 15) is 4.79 Å². The van der Waals surface area contributed by atoms with Crippen molar-refractivity contribution in [3.05, 3.63) is 71.5 Å². The van der Waals surface area contributed by atoms with Crippen molar-refractivity contribution >= 4 is 11.8 Å². The molecule has 10 nitrogen and oxygen atoms in total. The van der Waals surface area contributed by atoms with Gasteiger partial charge in [0, 0.05) is 30.5 Å². The Labute approximate surface area is 177 Å². The summed E-state index contributed by atoms with van der Waals surface area (Å²) in [6.07, 6.45) is 9.72. The number of rotatable bonds is 6. The smallest absolute Gasteiger partial charge is 0.255 e. The first-order chi connectivity index (χ1) is 15.2. The molecule has 0 aromatic carbocycles. The second-order valence-corrected chi connectivity index (χ2v) is 7.44. The standard InChI is InChI=1S/C21H21N9O/c31-20-3-1-2-10-30(20)16-6-7-19(22-12-16)25-14-4-5-15(11-14)26-21-23-13-18(28-29-21)17-8-9-24-27-17/h1-3,6-10,12-15H,4-5,11H2,(H,22,25)(H,24,27)(H,23,26,29)/t14-,15-/m0/s1. The average Bonchev–Trinajstić information content (AvgIpc) is 3.48. The third-order valence-corrected chi connectivity index (χ3v) is 5.30. The lowest BCUT2D eigenvalue weighted by atomic mass is 10.2. The second-order valence-electron chi connectivity index (χ2n) is 7.44. The Bertz CT molecular complexity index is 1190. The molecule has 1 aliphatic carbocycles. The fourth-order valence-corrected chi connectivity index (χ4v) is 3.75. The monoisotopic (exact) mass is 415 g/mol. The van der Waals surface area contributed by atoms with E-state index in [1.54, 1.807) is 35.4 Å². The van der Waals surface area contributed by atoms with Gasteiger partial charge in [-0.3, -0.25) is 14.5 Å². The van der Waals surface area contributed by atoms with Crippen LogP contribution in [0.1, 0.15) is 19.3 Å². The maximum Gasteiger partial charge on any atom is 0.255 e. The summed E-state index contributed by atoms with van der Waals surface area (Å²) in [6, 6.07) is 11.3. The van der Waals surface area contributed by atoms with Crippen molar-refractivity contribution in [1.82, 2.24) is 34.9 Å². The first kappa shape index (κ1) is 18.9. The number of aromatic amines is 1. The van der Waals surface area contributed by atoms with Crippen LogP contribution in [0.15, 0.2) is 66.0 Å². The number of aromatic nitrogens is 7. The molecule has 0 aliphatic heterocycles. The molecule has 156 valence electrons. The number of hydrogen-bond donors (Lipinski definition) is 3. The summed E-state index contributed by atoms with van der Waals surface area (Å²) in [6.45, 7) is 0. The summed E-state index contributed by atoms with van der Waals surface area (Å²) in [5.41, 5.74) is 2.10. The molecule has 0 saturated heterocycles. The minimum absolute atomic E-state index is 0.0796. The highest BCUT2D eigenvalue weighted by molar-refractivity contribution is 5.51. The van der Waals surface area contributed by atoms with Crippen molar-refractivity contribution < 1.29 is 0 Å². The maximum absolute atomic E-state index is 11.9. The summed E-state index contributed by atoms with van der Waals surface area (Å²) in [5, 5.41) is 21.9. The van der Waals surface area contributed by atoms with Gasteiger partial charge in [-0.15, -0.1) is 10.2 Å². The highest BCUT2D eigenvalue weighted by atomic mass is 16.1. The van der Waals surface area contributed by atoms with Crippen LogP contribution in [0.2, 0.25) is 0 Å². The Kier molecular flexibility index (Phi) is 5.09. The van der Waals surface area contributed by atoms with Crippen LogP contribution in [0.3, 0.4) is 0 Å². The van der Waals surface area contributed by atoms with Crippen molar-refractivity contribution in [1.29, 1.82) is 0 Å². The quantitative estimate of drug-likeness (QED) is 0.438. The topological polar surface area (TPSA) is 126 Å². The lowest BCUT2D eigenvalue weighted by Gasteiger charge is -2.15. The Morgan fingerprint density at radius 1 is 0.968 bits per heavy atom. The average molecular weight is 415 g/mol. The number of nitrogens with one attached hydrogen (secondary N) is 3. The van der Waals surface area contributed by atoms with E-state index in [1.165, 1.54) is 6.07 Å². The number of H-pyrrole nitrogens is 1. The molecule has 1 fully saturated rings. The van der Waals surface area contributed by atoms with E-state index < -0.39 is 0 Å². The number of pyridine rings is 2. The molecule has 1 saturated carbocycles. The van der Waals surface area contributed by atoms with Gasteiger partial charge in [0.2, 0.25) is 5.95 Å². The van der Waals surface area contributed by atoms with Gasteiger partial charge in [-0.1, -0.05) is 6.07 Å². The largest absolute Gasteiger partial charge is 0.367 e. The molecule has 0 bridgehead atoms. The van der Waals surface area contributed by atoms with E-state index in [-0.39, 0.29) is 11.6 Å². The van der Waals surface area contributed by atoms with Gasteiger partial charge in [0.15, 0.2) is 0 Å². The van der Waals surface area contributed by atoms with Gasteiger partial charge in [-0.25, -0.2) is 9.97 Å². The summed E-state index contributed by atoms with van der Waals surface area (Å²) < 4.78 is 1.57. The van der Waals surface area contributed by atoms with Gasteiger partial charge in [0.1, 0.15) is 11.5 Å². The van der Waals surface area contributed by atoms with Crippen LogP contribution in [-0.4, -0.2) is 47.0 Å². The Morgan fingerprint density at radius 2 is 1.87 bits per heavy atom. The minimum atomic E-state index is -0.0796. The molecular weight excluding hydrogens is 394 g/mol. The van der Waals surface area contributed by atoms with Crippen molar-refractivity contribution in [2.24, 2.45) is 0 Å². The van der Waals surface area contributed by atoms with Crippen LogP contribution >= 0.6 is 0 Å². The second kappa shape index (κ2) is 8.34. The molecule has 31 heavy (non-hydrogen) atoms. The highest BCUT2D eigenvalue weighted by Crippen LogP contribution is 2.25. The van der Waals surface area contributed by atoms with Gasteiger partial charge in [0.25, 0.3) is 5.56 Å². The van der Waals surface area contributed by atoms with Gasteiger partial charge in [0.05, 0.1) is 23.8 Å². The van der Waals surface area contributed by atoms with Gasteiger partial charge < -0.3 is 10.6 Å². The van der Waals surface area contributed by atoms with Crippen LogP contribution in [0.4, 0.5) is 11.8 Å². The SMILES string of the molecule is O=c1ccccn1-c1ccc(N[C@H]2CC[C@H](Nc3ncc(-c4ccn[nH]4)nn3)C2)nc1. The Morgan fingerprint density at radius 3 is 2.58 bits per heavy atom. The van der Waals surface area contributed by atoms with Crippen LogP contribution in [0.5, 0.6) is 0 Å². The molecule has 0 unspecified atom stereocenters. The van der Waals surface area contributed by atoms with Gasteiger partial charge in [-0.05, 0) is 43.5 Å². The van der Waals surface area contributed by atoms with Crippen molar-refractivity contribution in [3.8, 4) is 17.1 Å². The minimum Gasteiger partial charge on any atom is -0.367 e. The predicted molar refractivity (Wildman–Crippen MR) is 116 cm³/mol. The molecule has 0 amide bonds. The molecule has 0 radical (unpaired) electrons. The Balaban J connectivity index is 1.17. The number of nitrogens with zero attached hydrogens (tertiary/aromatic N) is 6. The van der Waals surface area contributed by atoms with Crippen molar-refractivity contribution in [2.75, 3.05) is 10.6 Å². The van der Waals surface area contributed by atoms with E-state index in [2.05, 4.69) is 41.0 Å². The van der Waals surface area contributed by atoms with E-state index >= 15 is 0 Å². The zero-order chi connectivity index (χ0) is 21.0. The Hall–Kier alpha value is -4.08. The summed E-state index contributed by atoms with van der Waals surface area (Å²) >= 11 is 0. The van der Waals surface area contributed by atoms with E-state index in [0.29, 0.717) is 17.7 Å². The zero-order valence-corrected chi connectivity index (χ0v) is 16.6. The van der Waals surface area contributed by atoms with Crippen LogP contribution < -0.4 is 16.2 Å². The van der Waals surface area contributed by atoms with Crippen LogP contribution in [0.25, 0.3) is 17.1 Å². The van der Waals surface area contributed by atoms with Crippen molar-refractivity contribution in [2.45, 2.75) is 31.3 Å². The summed E-state index contributed by atoms with van der Waals surface area (Å²) in [5.74, 6) is 1.31. The molecule has 2 atom stereocenters. The van der Waals surface area contributed by atoms with Gasteiger partial charge in [-0.2, -0.15) is 5.10 Å². The molecule has 4 aromatic rings. The highest BCUT2D eigenvalue weighted by Gasteiger charge is 2.25. The number of anilines is 2. The maximum atomic E-state index is 11.9.